The lowest BCUT2D eigenvalue weighted by atomic mass is 9.97. The highest BCUT2D eigenvalue weighted by molar-refractivity contribution is 7.15. The van der Waals surface area contributed by atoms with Gasteiger partial charge in [-0.2, -0.15) is 0 Å². The van der Waals surface area contributed by atoms with Crippen molar-refractivity contribution < 1.29 is 14.3 Å². The Morgan fingerprint density at radius 1 is 1.45 bits per heavy atom. The minimum absolute atomic E-state index is 0.0765. The van der Waals surface area contributed by atoms with E-state index in [0.29, 0.717) is 18.2 Å². The van der Waals surface area contributed by atoms with Gasteiger partial charge < -0.3 is 15.0 Å². The Bertz CT molecular complexity index is 495. The van der Waals surface area contributed by atoms with Crippen molar-refractivity contribution in [2.75, 3.05) is 25.5 Å². The molecule has 2 heterocycles. The van der Waals surface area contributed by atoms with Crippen LogP contribution in [-0.2, 0) is 9.53 Å². The summed E-state index contributed by atoms with van der Waals surface area (Å²) in [5.41, 5.74) is 0.935. The molecule has 1 aromatic heterocycles. The Balaban J connectivity index is 1.96. The number of hydrogen-bond donors (Lipinski definition) is 1. The van der Waals surface area contributed by atoms with Crippen molar-refractivity contribution in [1.29, 1.82) is 0 Å². The van der Waals surface area contributed by atoms with Crippen LogP contribution < -0.4 is 5.32 Å². The van der Waals surface area contributed by atoms with Crippen molar-refractivity contribution in [2.24, 2.45) is 5.92 Å². The van der Waals surface area contributed by atoms with Gasteiger partial charge in [-0.25, -0.2) is 9.78 Å². The number of aryl methyl sites for hydroxylation is 2. The van der Waals surface area contributed by atoms with Crippen LogP contribution >= 0.6 is 11.3 Å². The molecule has 1 N–H and O–H groups in total. The molecule has 1 aromatic rings. The van der Waals surface area contributed by atoms with Gasteiger partial charge in [-0.15, -0.1) is 11.3 Å². The molecule has 1 aliphatic heterocycles. The van der Waals surface area contributed by atoms with Gasteiger partial charge in [0.25, 0.3) is 0 Å². The Kier molecular flexibility index (Phi) is 4.59. The number of anilines is 1. The maximum atomic E-state index is 12.2. The molecule has 0 aliphatic carbocycles. The molecule has 1 unspecified atom stereocenters. The van der Waals surface area contributed by atoms with Crippen LogP contribution in [0.2, 0.25) is 0 Å². The zero-order valence-corrected chi connectivity index (χ0v) is 12.7. The minimum atomic E-state index is -0.372. The van der Waals surface area contributed by atoms with Crippen LogP contribution in [0, 0.1) is 19.8 Å². The van der Waals surface area contributed by atoms with Crippen LogP contribution in [0.3, 0.4) is 0 Å². The monoisotopic (exact) mass is 297 g/mol. The van der Waals surface area contributed by atoms with E-state index in [1.165, 1.54) is 18.4 Å². The van der Waals surface area contributed by atoms with Crippen LogP contribution in [0.4, 0.5) is 9.93 Å². The number of ether oxygens (including phenoxy) is 1. The molecule has 2 amide bonds. The lowest BCUT2D eigenvalue weighted by Crippen LogP contribution is -2.43. The van der Waals surface area contributed by atoms with Gasteiger partial charge in [0.15, 0.2) is 5.13 Å². The first-order valence-corrected chi connectivity index (χ1v) is 7.40. The van der Waals surface area contributed by atoms with Crippen molar-refractivity contribution >= 4 is 28.5 Å². The van der Waals surface area contributed by atoms with Gasteiger partial charge in [-0.05, 0) is 26.7 Å². The summed E-state index contributed by atoms with van der Waals surface area (Å²) in [6.07, 6.45) is 1.22. The van der Waals surface area contributed by atoms with Crippen LogP contribution in [0.25, 0.3) is 0 Å². The highest BCUT2D eigenvalue weighted by Gasteiger charge is 2.29. The predicted molar refractivity (Wildman–Crippen MR) is 76.9 cm³/mol. The molecule has 0 saturated carbocycles. The predicted octanol–water partition coefficient (Wildman–Crippen LogP) is 2.18. The fraction of sp³-hybridized carbons (Fsp3) is 0.615. The second-order valence-corrected chi connectivity index (χ2v) is 6.11. The lowest BCUT2D eigenvalue weighted by Gasteiger charge is -2.30. The summed E-state index contributed by atoms with van der Waals surface area (Å²) < 4.78 is 4.70. The van der Waals surface area contributed by atoms with Crippen molar-refractivity contribution in [3.05, 3.63) is 10.6 Å². The molecule has 1 aliphatic rings. The van der Waals surface area contributed by atoms with Crippen LogP contribution in [-0.4, -0.2) is 42.1 Å². The van der Waals surface area contributed by atoms with E-state index in [-0.39, 0.29) is 17.9 Å². The second kappa shape index (κ2) is 6.21. The van der Waals surface area contributed by atoms with E-state index >= 15 is 0 Å². The number of rotatable bonds is 2. The summed E-state index contributed by atoms with van der Waals surface area (Å²) >= 11 is 1.47. The number of methoxy groups -OCH3 is 1. The van der Waals surface area contributed by atoms with Gasteiger partial charge in [0.05, 0.1) is 18.7 Å². The van der Waals surface area contributed by atoms with E-state index in [1.54, 1.807) is 4.90 Å². The van der Waals surface area contributed by atoms with E-state index in [0.717, 1.165) is 23.4 Å². The molecule has 1 fully saturated rings. The number of nitrogens with one attached hydrogen (secondary N) is 1. The number of piperidine rings is 1. The Morgan fingerprint density at radius 3 is 2.80 bits per heavy atom. The quantitative estimate of drug-likeness (QED) is 0.908. The highest BCUT2D eigenvalue weighted by atomic mass is 32.1. The number of likely N-dealkylation sites (tertiary alicyclic amines) is 1. The summed E-state index contributed by atoms with van der Waals surface area (Å²) in [4.78, 5) is 30.7. The molecular weight excluding hydrogens is 278 g/mol. The van der Waals surface area contributed by atoms with Crippen LogP contribution in [0.5, 0.6) is 0 Å². The normalized spacial score (nSPS) is 18.8. The Hall–Kier alpha value is -1.63. The molecule has 6 nitrogen and oxygen atoms in total. The number of carbonyl (C=O) groups excluding carboxylic acids is 2. The third kappa shape index (κ3) is 3.27. The first kappa shape index (κ1) is 14.8. The molecular formula is C13H19N3O3S. The van der Waals surface area contributed by atoms with E-state index in [9.17, 15) is 9.59 Å². The van der Waals surface area contributed by atoms with Gasteiger partial charge in [0.1, 0.15) is 0 Å². The van der Waals surface area contributed by atoms with E-state index < -0.39 is 0 Å². The Morgan fingerprint density at radius 2 is 2.20 bits per heavy atom. The highest BCUT2D eigenvalue weighted by Crippen LogP contribution is 2.23. The average molecular weight is 297 g/mol. The fourth-order valence-electron chi connectivity index (χ4n) is 2.22. The van der Waals surface area contributed by atoms with Crippen molar-refractivity contribution in [2.45, 2.75) is 26.7 Å². The number of hydrogen-bond acceptors (Lipinski definition) is 5. The standard InChI is InChI=1S/C13H19N3O3S/c1-8-9(2)20-12(14-8)15-11(17)10-5-4-6-16(7-10)13(18)19-3/h10H,4-7H2,1-3H3,(H,14,15,17). The summed E-state index contributed by atoms with van der Waals surface area (Å²) in [6, 6.07) is 0. The maximum absolute atomic E-state index is 12.2. The van der Waals surface area contributed by atoms with E-state index in [1.807, 2.05) is 13.8 Å². The molecule has 2 rings (SSSR count). The number of nitrogens with zero attached hydrogens (tertiary/aromatic N) is 2. The smallest absolute Gasteiger partial charge is 0.409 e. The van der Waals surface area contributed by atoms with Gasteiger partial charge in [-0.3, -0.25) is 4.79 Å². The first-order chi connectivity index (χ1) is 9.51. The summed E-state index contributed by atoms with van der Waals surface area (Å²) in [5.74, 6) is -0.278. The Labute approximate surface area is 122 Å². The molecule has 20 heavy (non-hydrogen) atoms. The average Bonchev–Trinajstić information content (AvgIpc) is 2.76. The van der Waals surface area contributed by atoms with Crippen LogP contribution in [0.1, 0.15) is 23.4 Å². The van der Waals surface area contributed by atoms with E-state index in [2.05, 4.69) is 10.3 Å². The summed E-state index contributed by atoms with van der Waals surface area (Å²) in [7, 11) is 1.35. The zero-order valence-electron chi connectivity index (χ0n) is 11.9. The van der Waals surface area contributed by atoms with Crippen molar-refractivity contribution in [3.63, 3.8) is 0 Å². The van der Waals surface area contributed by atoms with E-state index in [4.69, 9.17) is 4.74 Å². The largest absolute Gasteiger partial charge is 0.453 e. The molecule has 0 spiro atoms. The molecule has 0 bridgehead atoms. The molecule has 1 atom stereocenters. The second-order valence-electron chi connectivity index (χ2n) is 4.91. The van der Waals surface area contributed by atoms with Gasteiger partial charge in [0.2, 0.25) is 5.91 Å². The fourth-order valence-corrected chi connectivity index (χ4v) is 3.04. The molecule has 110 valence electrons. The molecule has 0 radical (unpaired) electrons. The summed E-state index contributed by atoms with van der Waals surface area (Å²) in [6.45, 7) is 4.94. The molecule has 7 heteroatoms. The molecule has 0 aromatic carbocycles. The first-order valence-electron chi connectivity index (χ1n) is 6.59. The lowest BCUT2D eigenvalue weighted by molar-refractivity contribution is -0.121. The molecule has 1 saturated heterocycles. The topological polar surface area (TPSA) is 71.5 Å². The van der Waals surface area contributed by atoms with Gasteiger partial charge in [0, 0.05) is 18.0 Å². The third-order valence-electron chi connectivity index (χ3n) is 3.48. The number of aromatic nitrogens is 1. The third-order valence-corrected chi connectivity index (χ3v) is 4.47. The maximum Gasteiger partial charge on any atom is 0.409 e. The number of carbonyl (C=O) groups is 2. The summed E-state index contributed by atoms with van der Waals surface area (Å²) in [5, 5.41) is 3.47. The number of amides is 2. The van der Waals surface area contributed by atoms with Gasteiger partial charge >= 0.3 is 6.09 Å². The van der Waals surface area contributed by atoms with Gasteiger partial charge in [-0.1, -0.05) is 0 Å². The van der Waals surface area contributed by atoms with Crippen LogP contribution in [0.15, 0.2) is 0 Å². The van der Waals surface area contributed by atoms with Crippen molar-refractivity contribution in [1.82, 2.24) is 9.88 Å². The van der Waals surface area contributed by atoms with Crippen molar-refractivity contribution in [3.8, 4) is 0 Å². The zero-order chi connectivity index (χ0) is 14.7. The minimum Gasteiger partial charge on any atom is -0.453 e. The SMILES string of the molecule is COC(=O)N1CCCC(C(=O)Nc2nc(C)c(C)s2)C1. The number of thiazole rings is 1.